The van der Waals surface area contributed by atoms with Crippen LogP contribution in [0, 0.1) is 0 Å². The smallest absolute Gasteiger partial charge is 0.387 e. The molecule has 2 N–H and O–H groups in total. The molecule has 0 spiro atoms. The highest BCUT2D eigenvalue weighted by molar-refractivity contribution is 5.95. The van der Waals surface area contributed by atoms with Gasteiger partial charge in [-0.25, -0.2) is 0 Å². The number of carboxylic acids is 1. The minimum absolute atomic E-state index is 0. The summed E-state index contributed by atoms with van der Waals surface area (Å²) in [5, 5.41) is 11.7. The van der Waals surface area contributed by atoms with Crippen LogP contribution in [0.5, 0.6) is 5.75 Å². The predicted octanol–water partition coefficient (Wildman–Crippen LogP) is 2.91. The van der Waals surface area contributed by atoms with Gasteiger partial charge in [-0.05, 0) is 38.4 Å². The van der Waals surface area contributed by atoms with Gasteiger partial charge in [0.2, 0.25) is 5.91 Å². The lowest BCUT2D eigenvalue weighted by Gasteiger charge is -2.39. The Kier molecular flexibility index (Phi) is 10.3. The van der Waals surface area contributed by atoms with E-state index in [1.807, 2.05) is 16.7 Å². The van der Waals surface area contributed by atoms with Crippen LogP contribution >= 0.6 is 12.4 Å². The van der Waals surface area contributed by atoms with Gasteiger partial charge in [-0.2, -0.15) is 8.78 Å². The zero-order chi connectivity index (χ0) is 20.7. The molecule has 1 aromatic carbocycles. The zero-order valence-corrected chi connectivity index (χ0v) is 17.3. The van der Waals surface area contributed by atoms with E-state index in [9.17, 15) is 18.4 Å². The largest absolute Gasteiger partial charge is 0.480 e. The molecule has 29 heavy (non-hydrogen) atoms. The van der Waals surface area contributed by atoms with Crippen LogP contribution < -0.4 is 10.1 Å². The van der Waals surface area contributed by atoms with Gasteiger partial charge in [0.1, 0.15) is 5.75 Å². The summed E-state index contributed by atoms with van der Waals surface area (Å²) in [5.74, 6) is -1.23. The first-order chi connectivity index (χ1) is 13.3. The highest BCUT2D eigenvalue weighted by atomic mass is 35.5. The number of piperidine rings is 1. The maximum Gasteiger partial charge on any atom is 0.387 e. The number of aliphatic carboxylic acids is 1. The van der Waals surface area contributed by atoms with Gasteiger partial charge in [0.15, 0.2) is 0 Å². The Morgan fingerprint density at radius 1 is 1.31 bits per heavy atom. The number of hydrogen-bond acceptors (Lipinski definition) is 5. The van der Waals surface area contributed by atoms with Gasteiger partial charge in [-0.15, -0.1) is 12.4 Å². The minimum atomic E-state index is -2.97. The molecule has 0 bridgehead atoms. The number of nitrogens with one attached hydrogen (secondary N) is 1. The Morgan fingerprint density at radius 2 is 1.93 bits per heavy atom. The predicted molar refractivity (Wildman–Crippen MR) is 108 cm³/mol. The molecule has 0 radical (unpaired) electrons. The summed E-state index contributed by atoms with van der Waals surface area (Å²) in [6.45, 7) is 2.72. The number of para-hydroxylation sites is 2. The number of ether oxygens (including phenoxy) is 1. The highest BCUT2D eigenvalue weighted by Gasteiger charge is 2.30. The zero-order valence-electron chi connectivity index (χ0n) is 16.5. The molecule has 0 aliphatic carbocycles. The molecule has 1 aliphatic rings. The summed E-state index contributed by atoms with van der Waals surface area (Å²) in [6.07, 6.45) is 1.54. The lowest BCUT2D eigenvalue weighted by atomic mass is 10.0. The molecule has 7 nitrogen and oxygen atoms in total. The monoisotopic (exact) mass is 435 g/mol. The molecule has 1 heterocycles. The topological polar surface area (TPSA) is 82.1 Å². The molecule has 1 aliphatic heterocycles. The molecular weight excluding hydrogens is 408 g/mol. The number of carboxylic acid groups (broad SMARTS) is 1. The second-order valence-corrected chi connectivity index (χ2v) is 6.76. The van der Waals surface area contributed by atoms with Crippen LogP contribution in [0.25, 0.3) is 0 Å². The Labute approximate surface area is 175 Å². The number of hydrogen-bond donors (Lipinski definition) is 2. The van der Waals surface area contributed by atoms with Crippen molar-refractivity contribution in [3.05, 3.63) is 24.3 Å². The van der Waals surface area contributed by atoms with Gasteiger partial charge in [-0.1, -0.05) is 19.1 Å². The molecular formula is C19H28ClF2N3O4. The Bertz CT molecular complexity index is 673. The van der Waals surface area contributed by atoms with Gasteiger partial charge < -0.3 is 15.2 Å². The summed E-state index contributed by atoms with van der Waals surface area (Å²) in [4.78, 5) is 27.5. The van der Waals surface area contributed by atoms with E-state index >= 15 is 0 Å². The van der Waals surface area contributed by atoms with Gasteiger partial charge in [0.05, 0.1) is 18.3 Å². The summed E-state index contributed by atoms with van der Waals surface area (Å²) in [6, 6.07) is 5.80. The second-order valence-electron chi connectivity index (χ2n) is 6.76. The average molecular weight is 436 g/mol. The molecule has 10 heteroatoms. The van der Waals surface area contributed by atoms with Crippen molar-refractivity contribution in [2.45, 2.75) is 45.4 Å². The Balaban J connectivity index is 0.00000420. The molecule has 1 unspecified atom stereocenters. The third-order valence-corrected chi connectivity index (χ3v) is 5.05. The average Bonchev–Trinajstić information content (AvgIpc) is 2.66. The van der Waals surface area contributed by atoms with Crippen LogP contribution in [0.1, 0.15) is 26.7 Å². The van der Waals surface area contributed by atoms with Crippen molar-refractivity contribution >= 4 is 30.0 Å². The molecule has 1 amide bonds. The van der Waals surface area contributed by atoms with E-state index in [1.54, 1.807) is 19.1 Å². The number of halogens is 3. The van der Waals surface area contributed by atoms with Gasteiger partial charge in [-0.3, -0.25) is 19.4 Å². The van der Waals surface area contributed by atoms with E-state index in [2.05, 4.69) is 10.1 Å². The van der Waals surface area contributed by atoms with Crippen molar-refractivity contribution in [3.8, 4) is 5.75 Å². The number of benzene rings is 1. The second kappa shape index (κ2) is 11.9. The molecule has 1 aromatic rings. The summed E-state index contributed by atoms with van der Waals surface area (Å²) >= 11 is 0. The third kappa shape index (κ3) is 7.41. The van der Waals surface area contributed by atoms with Crippen molar-refractivity contribution in [2.24, 2.45) is 0 Å². The highest BCUT2D eigenvalue weighted by Crippen LogP contribution is 2.26. The SMILES string of the molecule is CCN(CC(=O)O)C1CCN(C(C)C(=O)Nc2ccccc2OC(F)F)CC1.Cl. The summed E-state index contributed by atoms with van der Waals surface area (Å²) in [7, 11) is 0. The number of likely N-dealkylation sites (N-methyl/N-ethyl adjacent to an activating group) is 1. The quantitative estimate of drug-likeness (QED) is 0.620. The Morgan fingerprint density at radius 3 is 2.48 bits per heavy atom. The summed E-state index contributed by atoms with van der Waals surface area (Å²) in [5.41, 5.74) is 0.202. The summed E-state index contributed by atoms with van der Waals surface area (Å²) < 4.78 is 29.5. The van der Waals surface area contributed by atoms with E-state index < -0.39 is 18.6 Å². The molecule has 1 saturated heterocycles. The fourth-order valence-electron chi connectivity index (χ4n) is 3.48. The Hall–Kier alpha value is -1.97. The van der Waals surface area contributed by atoms with Crippen LogP contribution in [0.15, 0.2) is 24.3 Å². The number of amides is 1. The minimum Gasteiger partial charge on any atom is -0.480 e. The maximum atomic E-state index is 12.6. The van der Waals surface area contributed by atoms with Crippen LogP contribution in [-0.4, -0.2) is 71.7 Å². The molecule has 1 atom stereocenters. The first-order valence-corrected chi connectivity index (χ1v) is 9.36. The maximum absolute atomic E-state index is 12.6. The first kappa shape index (κ1) is 25.1. The number of nitrogens with zero attached hydrogens (tertiary/aromatic N) is 2. The number of alkyl halides is 2. The van der Waals surface area contributed by atoms with Crippen LogP contribution in [-0.2, 0) is 9.59 Å². The van der Waals surface area contributed by atoms with E-state index in [4.69, 9.17) is 5.11 Å². The number of anilines is 1. The molecule has 1 fully saturated rings. The normalized spacial score (nSPS) is 16.3. The third-order valence-electron chi connectivity index (χ3n) is 5.05. The van der Waals surface area contributed by atoms with E-state index in [0.717, 1.165) is 12.8 Å². The van der Waals surface area contributed by atoms with Crippen LogP contribution in [0.3, 0.4) is 0 Å². The number of carbonyl (C=O) groups excluding carboxylic acids is 1. The number of rotatable bonds is 9. The standard InChI is InChI=1S/C19H27F2N3O4.ClH/c1-3-23(12-17(25)26)14-8-10-24(11-9-14)13(2)18(27)22-15-6-4-5-7-16(15)28-19(20)21;/h4-7,13-14,19H,3,8-12H2,1-2H3,(H,22,27)(H,25,26);1H. The van der Waals surface area contributed by atoms with Crippen molar-refractivity contribution < 1.29 is 28.2 Å². The molecule has 0 saturated carbocycles. The molecule has 0 aromatic heterocycles. The number of likely N-dealkylation sites (tertiary alicyclic amines) is 1. The van der Waals surface area contributed by atoms with Crippen molar-refractivity contribution in [2.75, 3.05) is 31.5 Å². The van der Waals surface area contributed by atoms with E-state index in [1.165, 1.54) is 12.1 Å². The van der Waals surface area contributed by atoms with Crippen LogP contribution in [0.2, 0.25) is 0 Å². The van der Waals surface area contributed by atoms with E-state index in [-0.39, 0.29) is 42.3 Å². The van der Waals surface area contributed by atoms with Gasteiger partial charge in [0, 0.05) is 19.1 Å². The van der Waals surface area contributed by atoms with E-state index in [0.29, 0.717) is 19.6 Å². The fraction of sp³-hybridized carbons (Fsp3) is 0.579. The fourth-order valence-corrected chi connectivity index (χ4v) is 3.48. The number of carbonyl (C=O) groups is 2. The lowest BCUT2D eigenvalue weighted by Crippen LogP contribution is -2.51. The first-order valence-electron chi connectivity index (χ1n) is 9.36. The van der Waals surface area contributed by atoms with Crippen molar-refractivity contribution in [1.29, 1.82) is 0 Å². The van der Waals surface area contributed by atoms with Gasteiger partial charge >= 0.3 is 12.6 Å². The van der Waals surface area contributed by atoms with Crippen LogP contribution in [0.4, 0.5) is 14.5 Å². The molecule has 164 valence electrons. The van der Waals surface area contributed by atoms with Crippen molar-refractivity contribution in [1.82, 2.24) is 9.80 Å². The van der Waals surface area contributed by atoms with Gasteiger partial charge in [0.25, 0.3) is 0 Å². The lowest BCUT2D eigenvalue weighted by molar-refractivity contribution is -0.139. The molecule has 2 rings (SSSR count). The van der Waals surface area contributed by atoms with Crippen molar-refractivity contribution in [3.63, 3.8) is 0 Å².